The number of nitrogens with zero attached hydrogens (tertiary/aromatic N) is 1. The fraction of sp³-hybridized carbons (Fsp3) is 0.588. The molecule has 1 amide bonds. The lowest BCUT2D eigenvalue weighted by Crippen LogP contribution is -2.36. The summed E-state index contributed by atoms with van der Waals surface area (Å²) in [5, 5.41) is 0. The summed E-state index contributed by atoms with van der Waals surface area (Å²) in [6.07, 6.45) is 0.555. The van der Waals surface area contributed by atoms with E-state index in [1.165, 1.54) is 0 Å². The number of halogens is 1. The van der Waals surface area contributed by atoms with Crippen LogP contribution >= 0.6 is 15.9 Å². The molecule has 1 rings (SSSR count). The highest BCUT2D eigenvalue weighted by atomic mass is 79.9. The number of ether oxygens (including phenoxy) is 1. The molecule has 1 aromatic rings. The quantitative estimate of drug-likeness (QED) is 0.684. The van der Waals surface area contributed by atoms with Gasteiger partial charge < -0.3 is 9.64 Å². The van der Waals surface area contributed by atoms with E-state index >= 15 is 0 Å². The molecule has 120 valence electrons. The molecule has 0 radical (unpaired) electrons. The van der Waals surface area contributed by atoms with E-state index in [1.807, 2.05) is 58.9 Å². The summed E-state index contributed by atoms with van der Waals surface area (Å²) in [6, 6.07) is 8.06. The molecule has 0 bridgehead atoms. The van der Waals surface area contributed by atoms with E-state index in [0.29, 0.717) is 0 Å². The van der Waals surface area contributed by atoms with Crippen LogP contribution in [0.4, 0.5) is 4.79 Å². The van der Waals surface area contributed by atoms with E-state index in [9.17, 15) is 4.79 Å². The largest absolute Gasteiger partial charge is 0.444 e. The predicted octanol–water partition coefficient (Wildman–Crippen LogP) is 5.79. The first-order valence-corrected chi connectivity index (χ1v) is 8.25. The maximum absolute atomic E-state index is 12.1. The monoisotopic (exact) mass is 357 g/mol. The van der Waals surface area contributed by atoms with Crippen LogP contribution in [0, 0.1) is 0 Å². The maximum atomic E-state index is 12.1. The Hall–Kier alpha value is -1.03. The Morgan fingerprint density at radius 2 is 1.71 bits per heavy atom. The van der Waals surface area contributed by atoms with Gasteiger partial charge in [-0.1, -0.05) is 48.8 Å². The van der Waals surface area contributed by atoms with E-state index in [1.54, 1.807) is 11.9 Å². The molecule has 0 aliphatic rings. The molecule has 0 heterocycles. The van der Waals surface area contributed by atoms with Crippen LogP contribution in [0.2, 0.25) is 0 Å². The topological polar surface area (TPSA) is 29.5 Å². The van der Waals surface area contributed by atoms with Gasteiger partial charge in [-0.15, -0.1) is 0 Å². The van der Waals surface area contributed by atoms with Crippen molar-refractivity contribution in [3.05, 3.63) is 34.3 Å². The Morgan fingerprint density at radius 1 is 1.24 bits per heavy atom. The number of carbonyl (C=O) groups excluding carboxylic acids is 1. The molecule has 0 spiro atoms. The minimum atomic E-state index is -0.469. The zero-order valence-corrected chi connectivity index (χ0v) is 15.8. The van der Waals surface area contributed by atoms with Crippen LogP contribution in [0.3, 0.4) is 0 Å². The Morgan fingerprint density at radius 3 is 2.10 bits per heavy atom. The third-order valence-electron chi connectivity index (χ3n) is 2.79. The van der Waals surface area contributed by atoms with Crippen molar-refractivity contribution >= 4 is 22.0 Å². The number of carbonyl (C=O) groups is 1. The van der Waals surface area contributed by atoms with Crippen molar-refractivity contribution in [3.8, 4) is 0 Å². The molecule has 1 aromatic carbocycles. The molecule has 0 aliphatic carbocycles. The summed E-state index contributed by atoms with van der Waals surface area (Å²) >= 11 is 3.42. The number of hydrogen-bond donors (Lipinski definition) is 0. The van der Waals surface area contributed by atoms with Crippen LogP contribution in [0.25, 0.3) is 0 Å². The lowest BCUT2D eigenvalue weighted by molar-refractivity contribution is 0.0215. The van der Waals surface area contributed by atoms with E-state index in [4.69, 9.17) is 4.74 Å². The predicted molar refractivity (Wildman–Crippen MR) is 92.5 cm³/mol. The molecule has 0 N–H and O–H groups in total. The summed E-state index contributed by atoms with van der Waals surface area (Å²) in [6.45, 7) is 11.7. The second kappa shape index (κ2) is 9.08. The summed E-state index contributed by atoms with van der Waals surface area (Å²) in [5.74, 6) is 0. The van der Waals surface area contributed by atoms with Crippen LogP contribution in [0.15, 0.2) is 28.7 Å². The van der Waals surface area contributed by atoms with E-state index in [0.717, 1.165) is 16.5 Å². The van der Waals surface area contributed by atoms with Gasteiger partial charge in [0.05, 0.1) is 6.04 Å². The highest BCUT2D eigenvalue weighted by molar-refractivity contribution is 9.10. The molecule has 21 heavy (non-hydrogen) atoms. The maximum Gasteiger partial charge on any atom is 0.410 e. The van der Waals surface area contributed by atoms with Gasteiger partial charge >= 0.3 is 6.09 Å². The van der Waals surface area contributed by atoms with Crippen molar-refractivity contribution in [3.63, 3.8) is 0 Å². The molecule has 4 heteroatoms. The first kappa shape index (κ1) is 20.0. The summed E-state index contributed by atoms with van der Waals surface area (Å²) in [5.41, 5.74) is 0.641. The van der Waals surface area contributed by atoms with Crippen molar-refractivity contribution in [1.29, 1.82) is 0 Å². The SMILES string of the molecule is CC.CCC(c1ccc(Br)cc1)N(C)C(=O)OC(C)(C)C. The van der Waals surface area contributed by atoms with Gasteiger partial charge in [-0.05, 0) is 44.9 Å². The third kappa shape index (κ3) is 6.98. The average Bonchev–Trinajstić information content (AvgIpc) is 2.42. The smallest absolute Gasteiger partial charge is 0.410 e. The zero-order chi connectivity index (χ0) is 16.6. The van der Waals surface area contributed by atoms with E-state index < -0.39 is 5.60 Å². The number of benzene rings is 1. The molecule has 0 saturated carbocycles. The van der Waals surface area contributed by atoms with Crippen molar-refractivity contribution in [1.82, 2.24) is 4.90 Å². The molecule has 3 nitrogen and oxygen atoms in total. The summed E-state index contributed by atoms with van der Waals surface area (Å²) in [7, 11) is 1.78. The summed E-state index contributed by atoms with van der Waals surface area (Å²) < 4.78 is 6.44. The van der Waals surface area contributed by atoms with Gasteiger partial charge in [-0.25, -0.2) is 4.79 Å². The van der Waals surface area contributed by atoms with Gasteiger partial charge in [-0.2, -0.15) is 0 Å². The van der Waals surface area contributed by atoms with Gasteiger partial charge in [0.1, 0.15) is 5.60 Å². The molecule has 0 aliphatic heterocycles. The number of hydrogen-bond acceptors (Lipinski definition) is 2. The van der Waals surface area contributed by atoms with Crippen LogP contribution in [-0.2, 0) is 4.74 Å². The molecule has 1 atom stereocenters. The highest BCUT2D eigenvalue weighted by Crippen LogP contribution is 2.26. The van der Waals surface area contributed by atoms with Crippen LogP contribution in [-0.4, -0.2) is 23.6 Å². The molecule has 0 aromatic heterocycles. The van der Waals surface area contributed by atoms with Crippen LogP contribution in [0.1, 0.15) is 59.6 Å². The standard InChI is InChI=1S/C15H22BrNO2.C2H6/c1-6-13(11-7-9-12(16)10-8-11)17(5)14(18)19-15(2,3)4;1-2/h7-10,13H,6H2,1-5H3;1-2H3. The molecule has 0 fully saturated rings. The normalized spacial score (nSPS) is 12.0. The van der Waals surface area contributed by atoms with Gasteiger partial charge in [0.2, 0.25) is 0 Å². The Labute approximate surface area is 137 Å². The fourth-order valence-electron chi connectivity index (χ4n) is 1.88. The van der Waals surface area contributed by atoms with Crippen molar-refractivity contribution in [2.45, 2.75) is 59.6 Å². The average molecular weight is 358 g/mol. The van der Waals surface area contributed by atoms with E-state index in [2.05, 4.69) is 22.9 Å². The Balaban J connectivity index is 0.00000191. The van der Waals surface area contributed by atoms with Gasteiger partial charge in [-0.3, -0.25) is 0 Å². The van der Waals surface area contributed by atoms with Crippen molar-refractivity contribution in [2.24, 2.45) is 0 Å². The second-order valence-electron chi connectivity index (χ2n) is 5.57. The van der Waals surface area contributed by atoms with Gasteiger partial charge in [0.25, 0.3) is 0 Å². The molecule has 1 unspecified atom stereocenters. The Kier molecular flexibility index (Phi) is 8.64. The molecular formula is C17H28BrNO2. The first-order chi connectivity index (χ1) is 9.74. The van der Waals surface area contributed by atoms with Gasteiger partial charge in [0.15, 0.2) is 0 Å². The van der Waals surface area contributed by atoms with Crippen molar-refractivity contribution < 1.29 is 9.53 Å². The molecular weight excluding hydrogens is 330 g/mol. The zero-order valence-electron chi connectivity index (χ0n) is 14.2. The van der Waals surface area contributed by atoms with Gasteiger partial charge in [0, 0.05) is 11.5 Å². The third-order valence-corrected chi connectivity index (χ3v) is 3.32. The van der Waals surface area contributed by atoms with Crippen LogP contribution < -0.4 is 0 Å². The highest BCUT2D eigenvalue weighted by Gasteiger charge is 2.25. The second-order valence-corrected chi connectivity index (χ2v) is 6.48. The number of amides is 1. The van der Waals surface area contributed by atoms with Crippen molar-refractivity contribution in [2.75, 3.05) is 7.05 Å². The lowest BCUT2D eigenvalue weighted by atomic mass is 10.0. The Bertz CT molecular complexity index is 423. The fourth-order valence-corrected chi connectivity index (χ4v) is 2.14. The van der Waals surface area contributed by atoms with Crippen LogP contribution in [0.5, 0.6) is 0 Å². The molecule has 0 saturated heterocycles. The lowest BCUT2D eigenvalue weighted by Gasteiger charge is -2.30. The first-order valence-electron chi connectivity index (χ1n) is 7.46. The minimum absolute atomic E-state index is 0.0305. The van der Waals surface area contributed by atoms with E-state index in [-0.39, 0.29) is 12.1 Å². The number of rotatable bonds is 3. The minimum Gasteiger partial charge on any atom is -0.444 e. The summed E-state index contributed by atoms with van der Waals surface area (Å²) in [4.78, 5) is 13.8.